The molecule has 1 heterocycles. The van der Waals surface area contributed by atoms with E-state index in [-0.39, 0.29) is 0 Å². The fourth-order valence-electron chi connectivity index (χ4n) is 1.99. The van der Waals surface area contributed by atoms with Gasteiger partial charge in [0.05, 0.1) is 0 Å². The number of nitrogens with one attached hydrogen (secondary N) is 1. The highest BCUT2D eigenvalue weighted by atomic mass is 14.9. The molecule has 0 aromatic carbocycles. The van der Waals surface area contributed by atoms with E-state index >= 15 is 0 Å². The summed E-state index contributed by atoms with van der Waals surface area (Å²) in [5, 5.41) is 0. The Hall–Kier alpha value is -0.790. The number of aromatic nitrogens is 2. The van der Waals surface area contributed by atoms with E-state index in [4.69, 9.17) is 0 Å². The van der Waals surface area contributed by atoms with Crippen molar-refractivity contribution in [3.63, 3.8) is 0 Å². The van der Waals surface area contributed by atoms with Gasteiger partial charge >= 0.3 is 0 Å². The molecule has 0 atom stereocenters. The smallest absolute Gasteiger partial charge is 0.111 e. The molecule has 1 fully saturated rings. The lowest BCUT2D eigenvalue weighted by molar-refractivity contribution is 0.463. The van der Waals surface area contributed by atoms with Crippen molar-refractivity contribution in [2.75, 3.05) is 0 Å². The third-order valence-corrected chi connectivity index (χ3v) is 2.78. The fourth-order valence-corrected chi connectivity index (χ4v) is 1.99. The van der Waals surface area contributed by atoms with Gasteiger partial charge in [0.15, 0.2) is 0 Å². The molecular weight excluding hydrogens is 136 g/mol. The lowest BCUT2D eigenvalue weighted by Crippen LogP contribution is -2.18. The maximum atomic E-state index is 4.31. The van der Waals surface area contributed by atoms with Gasteiger partial charge in [-0.2, -0.15) is 0 Å². The van der Waals surface area contributed by atoms with Gasteiger partial charge in [-0.05, 0) is 12.8 Å². The average Bonchev–Trinajstić information content (AvgIpc) is 2.55. The van der Waals surface area contributed by atoms with E-state index in [2.05, 4.69) is 16.9 Å². The summed E-state index contributed by atoms with van der Waals surface area (Å²) in [5.41, 5.74) is 0.351. The van der Waals surface area contributed by atoms with Gasteiger partial charge in [-0.25, -0.2) is 4.98 Å². The van der Waals surface area contributed by atoms with Gasteiger partial charge in [0.25, 0.3) is 0 Å². The molecule has 0 radical (unpaired) electrons. The molecule has 0 saturated heterocycles. The van der Waals surface area contributed by atoms with Crippen molar-refractivity contribution < 1.29 is 0 Å². The number of aromatic amines is 1. The Bertz CT molecular complexity index is 220. The van der Waals surface area contributed by atoms with Gasteiger partial charge in [0.1, 0.15) is 5.82 Å². The molecule has 1 aromatic rings. The van der Waals surface area contributed by atoms with E-state index in [1.165, 1.54) is 31.5 Å². The van der Waals surface area contributed by atoms with Crippen LogP contribution in [-0.4, -0.2) is 9.97 Å². The van der Waals surface area contributed by atoms with Gasteiger partial charge in [-0.1, -0.05) is 19.8 Å². The van der Waals surface area contributed by atoms with Crippen LogP contribution in [-0.2, 0) is 5.41 Å². The molecule has 1 N–H and O–H groups in total. The Morgan fingerprint density at radius 3 is 2.73 bits per heavy atom. The van der Waals surface area contributed by atoms with Crippen LogP contribution in [0.15, 0.2) is 12.4 Å². The van der Waals surface area contributed by atoms with Crippen molar-refractivity contribution in [1.29, 1.82) is 0 Å². The summed E-state index contributed by atoms with van der Waals surface area (Å²) in [6.07, 6.45) is 9.06. The van der Waals surface area contributed by atoms with Gasteiger partial charge in [-0.3, -0.25) is 0 Å². The minimum atomic E-state index is 0.351. The summed E-state index contributed by atoms with van der Waals surface area (Å²) in [5.74, 6) is 1.18. The van der Waals surface area contributed by atoms with Crippen LogP contribution >= 0.6 is 0 Å². The monoisotopic (exact) mass is 150 g/mol. The summed E-state index contributed by atoms with van der Waals surface area (Å²) in [6.45, 7) is 2.30. The summed E-state index contributed by atoms with van der Waals surface area (Å²) in [4.78, 5) is 7.52. The molecule has 1 aromatic heterocycles. The second-order valence-electron chi connectivity index (χ2n) is 3.71. The van der Waals surface area contributed by atoms with E-state index in [9.17, 15) is 0 Å². The Kier molecular flexibility index (Phi) is 1.48. The second kappa shape index (κ2) is 2.36. The molecule has 1 saturated carbocycles. The summed E-state index contributed by atoms with van der Waals surface area (Å²) in [6, 6.07) is 0. The van der Waals surface area contributed by atoms with Gasteiger partial charge in [-0.15, -0.1) is 0 Å². The molecule has 2 heteroatoms. The van der Waals surface area contributed by atoms with Gasteiger partial charge in [0, 0.05) is 17.8 Å². The molecule has 0 bridgehead atoms. The van der Waals surface area contributed by atoms with Crippen LogP contribution in [0.4, 0.5) is 0 Å². The fraction of sp³-hybridized carbons (Fsp3) is 0.667. The number of hydrogen-bond donors (Lipinski definition) is 1. The molecule has 0 spiro atoms. The first-order valence-corrected chi connectivity index (χ1v) is 4.31. The van der Waals surface area contributed by atoms with Crippen molar-refractivity contribution in [1.82, 2.24) is 9.97 Å². The highest BCUT2D eigenvalue weighted by Gasteiger charge is 2.32. The van der Waals surface area contributed by atoms with Gasteiger partial charge in [0.2, 0.25) is 0 Å². The Balaban J connectivity index is 2.27. The molecule has 60 valence electrons. The minimum Gasteiger partial charge on any atom is -0.348 e. The van der Waals surface area contributed by atoms with Crippen molar-refractivity contribution in [2.24, 2.45) is 0 Å². The Labute approximate surface area is 67.0 Å². The normalized spacial score (nSPS) is 22.3. The van der Waals surface area contributed by atoms with Crippen LogP contribution in [0.25, 0.3) is 0 Å². The SMILES string of the molecule is CC1(c2ncc[nH]2)CCCC1. The van der Waals surface area contributed by atoms with E-state index in [1.54, 1.807) is 0 Å². The van der Waals surface area contributed by atoms with Crippen LogP contribution in [0.3, 0.4) is 0 Å². The molecule has 1 aliphatic rings. The first-order valence-electron chi connectivity index (χ1n) is 4.31. The van der Waals surface area contributed by atoms with E-state index < -0.39 is 0 Å². The number of imidazole rings is 1. The zero-order valence-corrected chi connectivity index (χ0v) is 6.93. The minimum absolute atomic E-state index is 0.351. The highest BCUT2D eigenvalue weighted by Crippen LogP contribution is 2.38. The van der Waals surface area contributed by atoms with Gasteiger partial charge < -0.3 is 4.98 Å². The number of rotatable bonds is 1. The highest BCUT2D eigenvalue weighted by molar-refractivity contribution is 5.08. The first kappa shape index (κ1) is 6.89. The van der Waals surface area contributed by atoms with Crippen LogP contribution < -0.4 is 0 Å². The molecule has 2 rings (SSSR count). The quantitative estimate of drug-likeness (QED) is 0.653. The van der Waals surface area contributed by atoms with Crippen LogP contribution in [0, 0.1) is 0 Å². The Morgan fingerprint density at radius 2 is 2.18 bits per heavy atom. The molecule has 0 unspecified atom stereocenters. The Morgan fingerprint density at radius 1 is 1.45 bits per heavy atom. The van der Waals surface area contributed by atoms with Crippen molar-refractivity contribution in [2.45, 2.75) is 38.0 Å². The summed E-state index contributed by atoms with van der Waals surface area (Å²) in [7, 11) is 0. The number of hydrogen-bond acceptors (Lipinski definition) is 1. The molecule has 2 nitrogen and oxygen atoms in total. The average molecular weight is 150 g/mol. The predicted molar refractivity (Wildman–Crippen MR) is 44.4 cm³/mol. The molecule has 11 heavy (non-hydrogen) atoms. The van der Waals surface area contributed by atoms with Crippen LogP contribution in [0.1, 0.15) is 38.4 Å². The number of H-pyrrole nitrogens is 1. The molecule has 0 amide bonds. The van der Waals surface area contributed by atoms with E-state index in [0.717, 1.165) is 0 Å². The summed E-state index contributed by atoms with van der Waals surface area (Å²) >= 11 is 0. The maximum Gasteiger partial charge on any atom is 0.111 e. The van der Waals surface area contributed by atoms with Crippen molar-refractivity contribution in [3.8, 4) is 0 Å². The maximum absolute atomic E-state index is 4.31. The number of nitrogens with zero attached hydrogens (tertiary/aromatic N) is 1. The van der Waals surface area contributed by atoms with E-state index in [0.29, 0.717) is 5.41 Å². The van der Waals surface area contributed by atoms with Crippen molar-refractivity contribution in [3.05, 3.63) is 18.2 Å². The largest absolute Gasteiger partial charge is 0.348 e. The molecule has 1 aliphatic carbocycles. The van der Waals surface area contributed by atoms with E-state index in [1.807, 2.05) is 12.4 Å². The molecule has 0 aliphatic heterocycles. The first-order chi connectivity index (χ1) is 5.31. The van der Waals surface area contributed by atoms with Crippen LogP contribution in [0.2, 0.25) is 0 Å². The zero-order chi connectivity index (χ0) is 7.73. The third-order valence-electron chi connectivity index (χ3n) is 2.78. The lowest BCUT2D eigenvalue weighted by Gasteiger charge is -2.19. The van der Waals surface area contributed by atoms with Crippen molar-refractivity contribution >= 4 is 0 Å². The van der Waals surface area contributed by atoms with Crippen LogP contribution in [0.5, 0.6) is 0 Å². The third kappa shape index (κ3) is 1.06. The topological polar surface area (TPSA) is 28.7 Å². The lowest BCUT2D eigenvalue weighted by atomic mass is 9.88. The standard InChI is InChI=1S/C9H14N2/c1-9(4-2-3-5-9)8-10-6-7-11-8/h6-7H,2-5H2,1H3,(H,10,11). The second-order valence-corrected chi connectivity index (χ2v) is 3.71. The zero-order valence-electron chi connectivity index (χ0n) is 6.93. The predicted octanol–water partition coefficient (Wildman–Crippen LogP) is 2.24. The molecular formula is C9H14N2. The summed E-state index contributed by atoms with van der Waals surface area (Å²) < 4.78 is 0.